The van der Waals surface area contributed by atoms with Crippen molar-refractivity contribution in [3.05, 3.63) is 23.8 Å². The number of alkyl halides is 2. The number of rotatable bonds is 5. The molecular formula is C24H30Cl2O7S. The number of ketones is 1. The van der Waals surface area contributed by atoms with E-state index < -0.39 is 50.1 Å². The number of carbonyl (C=O) groups is 3. The second-order valence-corrected chi connectivity index (χ2v) is 12.9. The Morgan fingerprint density at radius 3 is 2.65 bits per heavy atom. The minimum atomic E-state index is -1.70. The van der Waals surface area contributed by atoms with Gasteiger partial charge >= 0.3 is 11.9 Å². The summed E-state index contributed by atoms with van der Waals surface area (Å²) in [5, 5.41) is 11.5. The Morgan fingerprint density at radius 1 is 1.29 bits per heavy atom. The van der Waals surface area contributed by atoms with Gasteiger partial charge in [-0.2, -0.15) is 0 Å². The van der Waals surface area contributed by atoms with E-state index in [1.807, 2.05) is 13.0 Å². The largest absolute Gasteiger partial charge is 0.449 e. The highest BCUT2D eigenvalue weighted by atomic mass is 35.5. The van der Waals surface area contributed by atoms with Crippen molar-refractivity contribution < 1.29 is 33.2 Å². The first kappa shape index (κ1) is 25.9. The van der Waals surface area contributed by atoms with E-state index in [9.17, 15) is 23.7 Å². The Hall–Kier alpha value is -1.22. The summed E-state index contributed by atoms with van der Waals surface area (Å²) in [6, 6.07) is 0. The lowest BCUT2D eigenvalue weighted by Gasteiger charge is -2.59. The van der Waals surface area contributed by atoms with E-state index in [1.54, 1.807) is 12.2 Å². The lowest BCUT2D eigenvalue weighted by molar-refractivity contribution is -0.211. The van der Waals surface area contributed by atoms with Gasteiger partial charge < -0.3 is 14.6 Å². The molecule has 3 fully saturated rings. The Balaban J connectivity index is 1.74. The van der Waals surface area contributed by atoms with Crippen molar-refractivity contribution in [2.75, 3.05) is 12.2 Å². The van der Waals surface area contributed by atoms with Crippen LogP contribution in [-0.4, -0.2) is 55.8 Å². The van der Waals surface area contributed by atoms with Crippen molar-refractivity contribution in [1.29, 1.82) is 0 Å². The molecule has 0 aromatic heterocycles. The van der Waals surface area contributed by atoms with Gasteiger partial charge in [0.25, 0.3) is 0 Å². The molecule has 3 saturated carbocycles. The van der Waals surface area contributed by atoms with E-state index in [2.05, 4.69) is 6.92 Å². The van der Waals surface area contributed by atoms with Crippen LogP contribution in [0.1, 0.15) is 46.0 Å². The quantitative estimate of drug-likeness (QED) is 0.427. The summed E-state index contributed by atoms with van der Waals surface area (Å²) >= 11 is 11.5. The molecule has 0 saturated heterocycles. The molecule has 4 aliphatic carbocycles. The lowest BCUT2D eigenvalue weighted by atomic mass is 9.46. The Kier molecular flexibility index (Phi) is 6.86. The number of hydrogen-bond acceptors (Lipinski definition) is 7. The third kappa shape index (κ3) is 3.89. The molecule has 7 nitrogen and oxygen atoms in total. The molecule has 1 N–H and O–H groups in total. The van der Waals surface area contributed by atoms with Crippen molar-refractivity contribution in [3.63, 3.8) is 0 Å². The number of carbonyl (C=O) groups excluding carboxylic acids is 3. The molecule has 0 radical (unpaired) electrons. The molecule has 10 heteroatoms. The third-order valence-electron chi connectivity index (χ3n) is 8.75. The van der Waals surface area contributed by atoms with Gasteiger partial charge in [0, 0.05) is 23.0 Å². The first-order valence-electron chi connectivity index (χ1n) is 11.5. The molecule has 34 heavy (non-hydrogen) atoms. The molecule has 0 bridgehead atoms. The average molecular weight is 533 g/mol. The Morgan fingerprint density at radius 2 is 2.00 bits per heavy atom. The molecule has 0 aromatic rings. The lowest BCUT2D eigenvalue weighted by Crippen LogP contribution is -2.63. The maximum absolute atomic E-state index is 13.4. The predicted octanol–water partition coefficient (Wildman–Crippen LogP) is 3.23. The number of hydrogen-bond donors (Lipinski definition) is 1. The molecule has 8 atom stereocenters. The first-order chi connectivity index (χ1) is 15.9. The Bertz CT molecular complexity index is 994. The van der Waals surface area contributed by atoms with Crippen LogP contribution in [0.15, 0.2) is 23.8 Å². The summed E-state index contributed by atoms with van der Waals surface area (Å²) in [6.45, 7) is 3.91. The number of aliphatic hydroxyl groups is 1. The summed E-state index contributed by atoms with van der Waals surface area (Å²) in [4.78, 5) is 36.5. The number of ether oxygens (including phenoxy) is 2. The molecule has 0 aliphatic heterocycles. The summed E-state index contributed by atoms with van der Waals surface area (Å²) < 4.78 is 22.7. The van der Waals surface area contributed by atoms with E-state index in [0.717, 1.165) is 12.0 Å². The summed E-state index contributed by atoms with van der Waals surface area (Å²) in [5.41, 5.74) is -2.07. The highest BCUT2D eigenvalue weighted by Gasteiger charge is 2.71. The zero-order chi connectivity index (χ0) is 25.1. The molecular weight excluding hydrogens is 503 g/mol. The van der Waals surface area contributed by atoms with Crippen LogP contribution < -0.4 is 0 Å². The van der Waals surface area contributed by atoms with E-state index in [1.165, 1.54) is 6.26 Å². The fourth-order valence-corrected chi connectivity index (χ4v) is 7.69. The van der Waals surface area contributed by atoms with Crippen LogP contribution in [0.3, 0.4) is 0 Å². The van der Waals surface area contributed by atoms with E-state index in [0.29, 0.717) is 12.8 Å². The number of aliphatic hydroxyl groups excluding tert-OH is 1. The average Bonchev–Trinajstić information content (AvgIpc) is 3.04. The predicted molar refractivity (Wildman–Crippen MR) is 127 cm³/mol. The van der Waals surface area contributed by atoms with Gasteiger partial charge in [0.1, 0.15) is 0 Å². The smallest absolute Gasteiger partial charge is 0.352 e. The fourth-order valence-electron chi connectivity index (χ4n) is 7.33. The standard InChI is InChI=1S/C24H30Cl2O7S/c1-22-8-6-14(27)10-13(22)4-5-15-16-7-9-24(33-20(29)19(25)26,21(30)32-12-34(3)31)23(16,2)11-17(28)18(15)22/h6,8,10,15-19,28H,4-5,7,9,11-12H2,1-3H3/t15-,16-,17-,18+,22-,23-,24-,34?/m0/s1. The molecule has 0 aromatic carbocycles. The topological polar surface area (TPSA) is 107 Å². The van der Waals surface area contributed by atoms with Gasteiger partial charge in [-0.3, -0.25) is 9.00 Å². The van der Waals surface area contributed by atoms with Gasteiger partial charge in [-0.1, -0.05) is 48.7 Å². The molecule has 1 unspecified atom stereocenters. The second-order valence-electron chi connectivity index (χ2n) is 10.4. The van der Waals surface area contributed by atoms with Crippen molar-refractivity contribution in [3.8, 4) is 0 Å². The van der Waals surface area contributed by atoms with Crippen LogP contribution in [0.2, 0.25) is 0 Å². The van der Waals surface area contributed by atoms with Crippen LogP contribution >= 0.6 is 23.2 Å². The van der Waals surface area contributed by atoms with Crippen LogP contribution in [0.5, 0.6) is 0 Å². The molecule has 4 rings (SSSR count). The maximum atomic E-state index is 13.4. The van der Waals surface area contributed by atoms with Crippen LogP contribution in [0.25, 0.3) is 0 Å². The van der Waals surface area contributed by atoms with Gasteiger partial charge in [-0.25, -0.2) is 9.59 Å². The van der Waals surface area contributed by atoms with Crippen LogP contribution in [0, 0.1) is 28.6 Å². The van der Waals surface area contributed by atoms with Gasteiger partial charge in [0.2, 0.25) is 10.4 Å². The van der Waals surface area contributed by atoms with E-state index >= 15 is 0 Å². The van der Waals surface area contributed by atoms with Crippen molar-refractivity contribution >= 4 is 51.7 Å². The van der Waals surface area contributed by atoms with Crippen molar-refractivity contribution in [2.45, 2.75) is 62.5 Å². The van der Waals surface area contributed by atoms with Crippen molar-refractivity contribution in [2.24, 2.45) is 28.6 Å². The molecule has 0 amide bonds. The van der Waals surface area contributed by atoms with Crippen LogP contribution in [0.4, 0.5) is 0 Å². The maximum Gasteiger partial charge on any atom is 0.352 e. The van der Waals surface area contributed by atoms with Crippen LogP contribution in [-0.2, 0) is 34.7 Å². The van der Waals surface area contributed by atoms with E-state index in [-0.39, 0.29) is 42.3 Å². The minimum absolute atomic E-state index is 0.0326. The second kappa shape index (κ2) is 9.02. The molecule has 188 valence electrons. The third-order valence-corrected chi connectivity index (χ3v) is 9.56. The summed E-state index contributed by atoms with van der Waals surface area (Å²) in [5.74, 6) is -2.27. The fraction of sp³-hybridized carbons (Fsp3) is 0.708. The highest BCUT2D eigenvalue weighted by Crippen LogP contribution is 2.68. The first-order valence-corrected chi connectivity index (χ1v) is 14.1. The van der Waals surface area contributed by atoms with Gasteiger partial charge in [0.05, 0.1) is 16.9 Å². The normalized spacial score (nSPS) is 41.7. The number of allylic oxidation sites excluding steroid dienone is 4. The van der Waals surface area contributed by atoms with E-state index in [4.69, 9.17) is 32.7 Å². The van der Waals surface area contributed by atoms with Crippen molar-refractivity contribution in [1.82, 2.24) is 0 Å². The zero-order valence-corrected chi connectivity index (χ0v) is 21.8. The minimum Gasteiger partial charge on any atom is -0.449 e. The molecule has 0 spiro atoms. The summed E-state index contributed by atoms with van der Waals surface area (Å²) in [6.07, 6.45) is 8.17. The number of halogens is 2. The molecule has 0 heterocycles. The molecule has 4 aliphatic rings. The number of esters is 2. The van der Waals surface area contributed by atoms with Gasteiger partial charge in [0.15, 0.2) is 11.7 Å². The monoisotopic (exact) mass is 532 g/mol. The van der Waals surface area contributed by atoms with Gasteiger partial charge in [-0.05, 0) is 56.1 Å². The Labute approximate surface area is 211 Å². The summed E-state index contributed by atoms with van der Waals surface area (Å²) in [7, 11) is -1.40. The zero-order valence-electron chi connectivity index (χ0n) is 19.4. The SMILES string of the molecule is CS(=O)COC(=O)[C@@]1(OC(=O)C(Cl)Cl)CC[C@H]2[C@@H]3CCC4=CC(=O)C=C[C@]4(C)[C@H]3[C@@H](O)C[C@@]21C. The van der Waals surface area contributed by atoms with Gasteiger partial charge in [-0.15, -0.1) is 0 Å². The number of fused-ring (bicyclic) bond motifs is 5. The highest BCUT2D eigenvalue weighted by molar-refractivity contribution is 7.84.